The zero-order valence-corrected chi connectivity index (χ0v) is 18.3. The average Bonchev–Trinajstić information content (AvgIpc) is 2.66. The predicted molar refractivity (Wildman–Crippen MR) is 116 cm³/mol. The van der Waals surface area contributed by atoms with Crippen LogP contribution in [0.4, 0.5) is 0 Å². The van der Waals surface area contributed by atoms with Crippen LogP contribution < -0.4 is 0 Å². The second-order valence-corrected chi connectivity index (χ2v) is 8.28. The molecule has 0 saturated heterocycles. The lowest BCUT2D eigenvalue weighted by molar-refractivity contribution is 0.192. The molecule has 1 N–H and O–H groups in total. The summed E-state index contributed by atoms with van der Waals surface area (Å²) in [6.45, 7) is 3.60. The monoisotopic (exact) mass is 370 g/mol. The molecule has 0 spiro atoms. The lowest BCUT2D eigenvalue weighted by atomic mass is 9.94. The van der Waals surface area contributed by atoms with E-state index < -0.39 is 0 Å². The van der Waals surface area contributed by atoms with Gasteiger partial charge in [0, 0.05) is 20.3 Å². The molecule has 158 valence electrons. The summed E-state index contributed by atoms with van der Waals surface area (Å²) in [5, 5.41) is 9.58. The molecular weight excluding hydrogens is 320 g/mol. The van der Waals surface area contributed by atoms with Gasteiger partial charge in [0.1, 0.15) is 0 Å². The largest absolute Gasteiger partial charge is 0.396 e. The number of aliphatic hydroxyl groups excluding tert-OH is 1. The molecular formula is C24H50O2. The highest BCUT2D eigenvalue weighted by Gasteiger charge is 2.07. The average molecular weight is 371 g/mol. The van der Waals surface area contributed by atoms with Crippen LogP contribution in [-0.2, 0) is 4.74 Å². The van der Waals surface area contributed by atoms with Crippen molar-refractivity contribution in [1.29, 1.82) is 0 Å². The molecule has 0 aliphatic carbocycles. The van der Waals surface area contributed by atoms with E-state index in [1.54, 1.807) is 7.11 Å². The van der Waals surface area contributed by atoms with Gasteiger partial charge in [0.15, 0.2) is 0 Å². The van der Waals surface area contributed by atoms with Gasteiger partial charge in [0.05, 0.1) is 0 Å². The van der Waals surface area contributed by atoms with Gasteiger partial charge < -0.3 is 9.84 Å². The lowest BCUT2D eigenvalue weighted by Crippen LogP contribution is -2.06. The minimum atomic E-state index is 0.399. The molecule has 1 atom stereocenters. The van der Waals surface area contributed by atoms with Crippen molar-refractivity contribution < 1.29 is 9.84 Å². The Bertz CT molecular complexity index is 242. The normalized spacial score (nSPS) is 12.6. The fourth-order valence-corrected chi connectivity index (χ4v) is 3.81. The molecule has 0 bridgehead atoms. The first-order chi connectivity index (χ1) is 12.8. The number of unbranched alkanes of at least 4 members (excludes halogenated alkanes) is 15. The number of aliphatic hydroxyl groups is 1. The fraction of sp³-hybridized carbons (Fsp3) is 1.00. The van der Waals surface area contributed by atoms with Crippen molar-refractivity contribution in [2.45, 2.75) is 129 Å². The van der Waals surface area contributed by atoms with Crippen molar-refractivity contribution in [2.24, 2.45) is 5.92 Å². The van der Waals surface area contributed by atoms with Crippen molar-refractivity contribution in [1.82, 2.24) is 0 Å². The van der Waals surface area contributed by atoms with E-state index >= 15 is 0 Å². The second kappa shape index (κ2) is 23.0. The highest BCUT2D eigenvalue weighted by atomic mass is 16.5. The summed E-state index contributed by atoms with van der Waals surface area (Å²) < 4.78 is 5.08. The van der Waals surface area contributed by atoms with Crippen molar-refractivity contribution in [3.63, 3.8) is 0 Å². The maximum Gasteiger partial charge on any atom is 0.0462 e. The summed E-state index contributed by atoms with van der Waals surface area (Å²) in [4.78, 5) is 0. The highest BCUT2D eigenvalue weighted by molar-refractivity contribution is 4.59. The topological polar surface area (TPSA) is 29.5 Å². The Morgan fingerprint density at radius 2 is 0.962 bits per heavy atom. The van der Waals surface area contributed by atoms with Crippen molar-refractivity contribution in [3.05, 3.63) is 0 Å². The molecule has 0 aromatic carbocycles. The summed E-state index contributed by atoms with van der Waals surface area (Å²) in [6.07, 6.45) is 25.7. The molecule has 1 unspecified atom stereocenters. The summed E-state index contributed by atoms with van der Waals surface area (Å²) in [5.74, 6) is 0.564. The van der Waals surface area contributed by atoms with Crippen LogP contribution in [0.5, 0.6) is 0 Å². The molecule has 2 nitrogen and oxygen atoms in total. The third-order valence-corrected chi connectivity index (χ3v) is 5.68. The number of ether oxygens (including phenoxy) is 1. The maximum atomic E-state index is 9.58. The molecule has 0 heterocycles. The van der Waals surface area contributed by atoms with E-state index in [0.717, 1.165) is 6.61 Å². The van der Waals surface area contributed by atoms with E-state index in [2.05, 4.69) is 6.92 Å². The summed E-state index contributed by atoms with van der Waals surface area (Å²) in [5.41, 5.74) is 0. The molecule has 0 aromatic rings. The summed E-state index contributed by atoms with van der Waals surface area (Å²) in [6, 6.07) is 0. The van der Waals surface area contributed by atoms with Crippen LogP contribution in [0.25, 0.3) is 0 Å². The molecule has 26 heavy (non-hydrogen) atoms. The van der Waals surface area contributed by atoms with Gasteiger partial charge >= 0.3 is 0 Å². The van der Waals surface area contributed by atoms with Gasteiger partial charge in [-0.15, -0.1) is 0 Å². The Labute approximate surface area is 165 Å². The lowest BCUT2D eigenvalue weighted by Gasteiger charge is -2.13. The Hall–Kier alpha value is -0.0800. The van der Waals surface area contributed by atoms with Gasteiger partial charge in [-0.05, 0) is 25.2 Å². The maximum absolute atomic E-state index is 9.58. The number of hydrogen-bond donors (Lipinski definition) is 1. The fourth-order valence-electron chi connectivity index (χ4n) is 3.81. The number of methoxy groups -OCH3 is 1. The van der Waals surface area contributed by atoms with Crippen molar-refractivity contribution in [2.75, 3.05) is 20.3 Å². The Morgan fingerprint density at radius 3 is 1.35 bits per heavy atom. The smallest absolute Gasteiger partial charge is 0.0462 e. The zero-order chi connectivity index (χ0) is 19.1. The van der Waals surface area contributed by atoms with Crippen LogP contribution in [0.15, 0.2) is 0 Å². The summed E-state index contributed by atoms with van der Waals surface area (Å²) >= 11 is 0. The van der Waals surface area contributed by atoms with Gasteiger partial charge in [0.2, 0.25) is 0 Å². The van der Waals surface area contributed by atoms with Crippen molar-refractivity contribution in [3.8, 4) is 0 Å². The quantitative estimate of drug-likeness (QED) is 0.198. The van der Waals surface area contributed by atoms with Gasteiger partial charge in [0.25, 0.3) is 0 Å². The molecule has 0 aliphatic heterocycles. The number of hydrogen-bond acceptors (Lipinski definition) is 2. The van der Waals surface area contributed by atoms with E-state index in [1.807, 2.05) is 0 Å². The molecule has 0 amide bonds. The molecule has 0 aliphatic rings. The molecule has 0 saturated carbocycles. The Kier molecular flexibility index (Phi) is 22.9. The van der Waals surface area contributed by atoms with E-state index in [0.29, 0.717) is 12.5 Å². The standard InChI is InChI=1S/C24H50O2/c1-3-4-5-6-7-8-11-14-17-20-24(23-25)21-18-15-12-9-10-13-16-19-22-26-2/h24-25H,3-23H2,1-2H3. The molecule has 0 aromatic heterocycles. The van der Waals surface area contributed by atoms with E-state index in [4.69, 9.17) is 4.74 Å². The third kappa shape index (κ3) is 20.2. The first-order valence-corrected chi connectivity index (χ1v) is 11.9. The van der Waals surface area contributed by atoms with Crippen molar-refractivity contribution >= 4 is 0 Å². The van der Waals surface area contributed by atoms with Crippen LogP contribution >= 0.6 is 0 Å². The second-order valence-electron chi connectivity index (χ2n) is 8.28. The van der Waals surface area contributed by atoms with Gasteiger partial charge in [-0.25, -0.2) is 0 Å². The molecule has 0 fully saturated rings. The predicted octanol–water partition coefficient (Wildman–Crippen LogP) is 7.67. The Morgan fingerprint density at radius 1 is 0.577 bits per heavy atom. The summed E-state index contributed by atoms with van der Waals surface area (Å²) in [7, 11) is 1.79. The minimum absolute atomic E-state index is 0.399. The zero-order valence-electron chi connectivity index (χ0n) is 18.3. The molecule has 0 rings (SSSR count). The van der Waals surface area contributed by atoms with Gasteiger partial charge in [-0.1, -0.05) is 110 Å². The molecule has 0 radical (unpaired) electrons. The van der Waals surface area contributed by atoms with Crippen LogP contribution in [-0.4, -0.2) is 25.4 Å². The first-order valence-electron chi connectivity index (χ1n) is 11.9. The van der Waals surface area contributed by atoms with Crippen LogP contribution in [0, 0.1) is 5.92 Å². The van der Waals surface area contributed by atoms with Crippen LogP contribution in [0.1, 0.15) is 129 Å². The minimum Gasteiger partial charge on any atom is -0.396 e. The number of rotatable bonds is 22. The van der Waals surface area contributed by atoms with Crippen LogP contribution in [0.3, 0.4) is 0 Å². The third-order valence-electron chi connectivity index (χ3n) is 5.68. The highest BCUT2D eigenvalue weighted by Crippen LogP contribution is 2.19. The van der Waals surface area contributed by atoms with Gasteiger partial charge in [-0.3, -0.25) is 0 Å². The molecule has 2 heteroatoms. The van der Waals surface area contributed by atoms with E-state index in [1.165, 1.54) is 122 Å². The first kappa shape index (κ1) is 25.9. The van der Waals surface area contributed by atoms with Crippen LogP contribution in [0.2, 0.25) is 0 Å². The van der Waals surface area contributed by atoms with E-state index in [-0.39, 0.29) is 0 Å². The van der Waals surface area contributed by atoms with E-state index in [9.17, 15) is 5.11 Å². The SMILES string of the molecule is CCCCCCCCCCCC(CO)CCCCCCCCCCOC. The van der Waals surface area contributed by atoms with Gasteiger partial charge in [-0.2, -0.15) is 0 Å². The Balaban J connectivity index is 3.28.